The summed E-state index contributed by atoms with van der Waals surface area (Å²) in [7, 11) is 0. The van der Waals surface area contributed by atoms with Crippen LogP contribution >= 0.6 is 0 Å². The molecule has 3 aliphatic rings. The topological polar surface area (TPSA) is 69.7 Å². The zero-order valence-electron chi connectivity index (χ0n) is 31.2. The number of fused-ring (bicyclic) bond motifs is 6. The van der Waals surface area contributed by atoms with E-state index in [4.69, 9.17) is 23.7 Å². The van der Waals surface area contributed by atoms with Crippen molar-refractivity contribution in [2.45, 2.75) is 71.2 Å². The second-order valence-electron chi connectivity index (χ2n) is 14.7. The lowest BCUT2D eigenvalue weighted by molar-refractivity contribution is -0.133. The molecule has 1 atom stereocenters. The molecule has 3 heterocycles. The van der Waals surface area contributed by atoms with E-state index in [1.165, 1.54) is 33.4 Å². The number of aryl methyl sites for hydroxylation is 1. The average molecular weight is 719 g/mol. The first-order valence-corrected chi connectivity index (χ1v) is 19.4. The van der Waals surface area contributed by atoms with E-state index >= 15 is 0 Å². The molecule has 4 aromatic carbocycles. The molecule has 1 saturated heterocycles. The van der Waals surface area contributed by atoms with Gasteiger partial charge in [0.25, 0.3) is 0 Å². The molecular formula is C45H54N2O6. The number of carbonyl (C=O) groups excluding carboxylic acids is 1. The van der Waals surface area contributed by atoms with Crippen LogP contribution in [0, 0.1) is 6.92 Å². The van der Waals surface area contributed by atoms with Crippen molar-refractivity contribution in [1.29, 1.82) is 0 Å². The Kier molecular flexibility index (Phi) is 13.1. The molecule has 0 spiro atoms. The largest absolute Gasteiger partial charge is 0.491 e. The van der Waals surface area contributed by atoms with Crippen molar-refractivity contribution in [1.82, 2.24) is 9.80 Å². The highest BCUT2D eigenvalue weighted by atomic mass is 16.5. The van der Waals surface area contributed by atoms with E-state index in [2.05, 4.69) is 96.8 Å². The second-order valence-corrected chi connectivity index (χ2v) is 14.7. The predicted molar refractivity (Wildman–Crippen MR) is 206 cm³/mol. The summed E-state index contributed by atoms with van der Waals surface area (Å²) in [6.45, 7) is 9.56. The van der Waals surface area contributed by atoms with Gasteiger partial charge in [-0.3, -0.25) is 9.69 Å². The van der Waals surface area contributed by atoms with Crippen molar-refractivity contribution >= 4 is 5.91 Å². The first-order valence-electron chi connectivity index (χ1n) is 19.4. The molecule has 8 nitrogen and oxygen atoms in total. The zero-order valence-corrected chi connectivity index (χ0v) is 31.2. The Bertz CT molecular complexity index is 1800. The van der Waals surface area contributed by atoms with E-state index in [1.54, 1.807) is 0 Å². The Hall–Kier alpha value is -4.21. The van der Waals surface area contributed by atoms with Gasteiger partial charge in [0.1, 0.15) is 24.7 Å². The van der Waals surface area contributed by atoms with Gasteiger partial charge in [0.15, 0.2) is 0 Å². The fraction of sp³-hybridized carbons (Fsp3) is 0.444. The maximum atomic E-state index is 13.4. The summed E-state index contributed by atoms with van der Waals surface area (Å²) in [5, 5.41) is 0. The van der Waals surface area contributed by atoms with Gasteiger partial charge < -0.3 is 28.6 Å². The minimum atomic E-state index is 0.159. The first kappa shape index (κ1) is 37.1. The molecule has 1 unspecified atom stereocenters. The second kappa shape index (κ2) is 18.7. The van der Waals surface area contributed by atoms with Crippen LogP contribution in [0.1, 0.15) is 70.2 Å². The molecule has 3 aliphatic heterocycles. The highest BCUT2D eigenvalue weighted by Gasteiger charge is 2.21. The van der Waals surface area contributed by atoms with Gasteiger partial charge in [0.05, 0.1) is 32.5 Å². The van der Waals surface area contributed by atoms with Crippen molar-refractivity contribution in [3.8, 4) is 11.5 Å². The first-order chi connectivity index (χ1) is 26.0. The standard InChI is InChI=1S/C45H54N2O6/c1-34-10-13-43-40(25-34)28-35-5-2-7-37(26-35)31-46(16-19-49-21-23-52-43)32-39-11-14-44-41(30-39)29-36-6-3-8-38(27-36)33-47(17-20-50-22-24-53-44)45(48)15-12-42-9-4-18-51-42/h2-3,5-8,10-11,13-14,25-27,30,42H,4,9,12,15-24,28-29,31-33H2,1H3. The monoisotopic (exact) mass is 718 g/mol. The van der Waals surface area contributed by atoms with Gasteiger partial charge in [0, 0.05) is 58.6 Å². The van der Waals surface area contributed by atoms with Crippen LogP contribution in [0.15, 0.2) is 84.9 Å². The lowest BCUT2D eigenvalue weighted by Crippen LogP contribution is -2.34. The van der Waals surface area contributed by atoms with Gasteiger partial charge in [-0.15, -0.1) is 0 Å². The van der Waals surface area contributed by atoms with Crippen LogP contribution in [0.5, 0.6) is 11.5 Å². The van der Waals surface area contributed by atoms with Crippen molar-refractivity contribution in [2.24, 2.45) is 0 Å². The van der Waals surface area contributed by atoms with Gasteiger partial charge in [0.2, 0.25) is 5.91 Å². The molecule has 53 heavy (non-hydrogen) atoms. The molecule has 8 heteroatoms. The summed E-state index contributed by atoms with van der Waals surface area (Å²) in [4.78, 5) is 17.8. The van der Waals surface area contributed by atoms with Crippen molar-refractivity contribution < 1.29 is 28.5 Å². The summed E-state index contributed by atoms with van der Waals surface area (Å²) in [6.07, 6.45) is 5.19. The van der Waals surface area contributed by atoms with Crippen molar-refractivity contribution in [2.75, 3.05) is 59.3 Å². The number of rotatable bonds is 5. The Morgan fingerprint density at radius 3 is 2.06 bits per heavy atom. The highest BCUT2D eigenvalue weighted by Crippen LogP contribution is 2.27. The van der Waals surface area contributed by atoms with Crippen LogP contribution in [0.25, 0.3) is 0 Å². The molecule has 280 valence electrons. The number of amides is 1. The third-order valence-corrected chi connectivity index (χ3v) is 10.4. The molecule has 0 aromatic heterocycles. The fourth-order valence-corrected chi connectivity index (χ4v) is 7.66. The molecule has 1 fully saturated rings. The van der Waals surface area contributed by atoms with Crippen LogP contribution in [0.4, 0.5) is 0 Å². The molecule has 0 aliphatic carbocycles. The lowest BCUT2D eigenvalue weighted by Gasteiger charge is -2.25. The normalized spacial score (nSPS) is 19.1. The van der Waals surface area contributed by atoms with Crippen LogP contribution < -0.4 is 9.47 Å². The maximum Gasteiger partial charge on any atom is 0.223 e. The SMILES string of the molecule is Cc1ccc2c(c1)Cc1cccc(c1)CN(Cc1ccc3c(c1)Cc1cccc(c1)CN(C(=O)CCC1CCCO1)CCOCCO3)CCOCCO2. The van der Waals surface area contributed by atoms with Crippen molar-refractivity contribution in [3.05, 3.63) is 129 Å². The Morgan fingerprint density at radius 2 is 1.34 bits per heavy atom. The molecule has 7 rings (SSSR count). The lowest BCUT2D eigenvalue weighted by atomic mass is 9.99. The molecular weight excluding hydrogens is 665 g/mol. The molecule has 0 N–H and O–H groups in total. The minimum absolute atomic E-state index is 0.159. The minimum Gasteiger partial charge on any atom is -0.491 e. The van der Waals surface area contributed by atoms with Gasteiger partial charge in [-0.05, 0) is 77.3 Å². The Morgan fingerprint density at radius 1 is 0.679 bits per heavy atom. The third kappa shape index (κ3) is 10.9. The molecule has 0 saturated carbocycles. The average Bonchev–Trinajstić information content (AvgIpc) is 3.68. The molecule has 1 amide bonds. The van der Waals surface area contributed by atoms with E-state index in [9.17, 15) is 4.79 Å². The van der Waals surface area contributed by atoms with Gasteiger partial charge in [-0.1, -0.05) is 78.4 Å². The smallest absolute Gasteiger partial charge is 0.223 e. The zero-order chi connectivity index (χ0) is 36.2. The number of ether oxygens (including phenoxy) is 5. The van der Waals surface area contributed by atoms with E-state index in [-0.39, 0.29) is 12.0 Å². The molecule has 4 aromatic rings. The van der Waals surface area contributed by atoms with Gasteiger partial charge in [-0.2, -0.15) is 0 Å². The van der Waals surface area contributed by atoms with Gasteiger partial charge in [-0.25, -0.2) is 0 Å². The van der Waals surface area contributed by atoms with Crippen LogP contribution in [-0.2, 0) is 51.5 Å². The van der Waals surface area contributed by atoms with Crippen molar-refractivity contribution in [3.63, 3.8) is 0 Å². The number of nitrogens with zero attached hydrogens (tertiary/aromatic N) is 2. The Balaban J connectivity index is 1.07. The molecule has 4 bridgehead atoms. The highest BCUT2D eigenvalue weighted by molar-refractivity contribution is 5.76. The quantitative estimate of drug-likeness (QED) is 0.215. The van der Waals surface area contributed by atoms with Crippen LogP contribution in [-0.4, -0.2) is 81.1 Å². The van der Waals surface area contributed by atoms with Crippen LogP contribution in [0.2, 0.25) is 0 Å². The summed E-state index contributed by atoms with van der Waals surface area (Å²) < 4.78 is 30.3. The number of benzene rings is 4. The van der Waals surface area contributed by atoms with Crippen LogP contribution in [0.3, 0.4) is 0 Å². The van der Waals surface area contributed by atoms with E-state index in [0.717, 1.165) is 81.0 Å². The Labute approximate surface area is 314 Å². The number of carbonyl (C=O) groups is 1. The summed E-state index contributed by atoms with van der Waals surface area (Å²) >= 11 is 0. The van der Waals surface area contributed by atoms with Gasteiger partial charge >= 0.3 is 0 Å². The summed E-state index contributed by atoms with van der Waals surface area (Å²) in [5.41, 5.74) is 9.71. The van der Waals surface area contributed by atoms with E-state index < -0.39 is 0 Å². The summed E-state index contributed by atoms with van der Waals surface area (Å²) in [6, 6.07) is 30.6. The number of hydrogen-bond donors (Lipinski definition) is 0. The fourth-order valence-electron chi connectivity index (χ4n) is 7.66. The third-order valence-electron chi connectivity index (χ3n) is 10.4. The summed E-state index contributed by atoms with van der Waals surface area (Å²) in [5.74, 6) is 1.98. The van der Waals surface area contributed by atoms with E-state index in [0.29, 0.717) is 59.2 Å². The predicted octanol–water partition coefficient (Wildman–Crippen LogP) is 7.28. The van der Waals surface area contributed by atoms with E-state index in [1.807, 2.05) is 4.90 Å². The number of hydrogen-bond acceptors (Lipinski definition) is 7. The molecule has 0 radical (unpaired) electrons. The maximum absolute atomic E-state index is 13.4.